The minimum Gasteiger partial charge on any atom is -0.497 e. The molecular formula is C22H26Br2N2O4. The van der Waals surface area contributed by atoms with Gasteiger partial charge in [0.2, 0.25) is 17.7 Å². The van der Waals surface area contributed by atoms with E-state index in [2.05, 4.69) is 37.2 Å². The number of amides is 3. The molecule has 2 saturated carbocycles. The van der Waals surface area contributed by atoms with Gasteiger partial charge in [0.25, 0.3) is 0 Å². The van der Waals surface area contributed by atoms with Crippen molar-refractivity contribution < 1.29 is 19.1 Å². The van der Waals surface area contributed by atoms with Crippen molar-refractivity contribution in [3.05, 3.63) is 24.3 Å². The molecule has 2 bridgehead atoms. The highest BCUT2D eigenvalue weighted by Gasteiger charge is 2.66. The summed E-state index contributed by atoms with van der Waals surface area (Å²) in [6.45, 7) is 0.462. The number of anilines is 1. The van der Waals surface area contributed by atoms with Gasteiger partial charge >= 0.3 is 0 Å². The molecule has 2 aliphatic carbocycles. The number of unbranched alkanes of at least 4 members (excludes halogenated alkanes) is 2. The second kappa shape index (κ2) is 8.99. The van der Waals surface area contributed by atoms with Gasteiger partial charge in [0.05, 0.1) is 18.9 Å². The number of ether oxygens (including phenoxy) is 1. The maximum atomic E-state index is 12.9. The molecule has 1 heterocycles. The molecule has 162 valence electrons. The lowest BCUT2D eigenvalue weighted by Crippen LogP contribution is -2.37. The molecule has 3 fully saturated rings. The maximum Gasteiger partial charge on any atom is 0.233 e. The molecule has 0 aromatic heterocycles. The molecule has 4 rings (SSSR count). The average molecular weight is 542 g/mol. The van der Waals surface area contributed by atoms with E-state index in [4.69, 9.17) is 4.74 Å². The number of nitrogens with one attached hydrogen (secondary N) is 1. The number of benzene rings is 1. The molecule has 6 unspecified atom stereocenters. The van der Waals surface area contributed by atoms with E-state index in [9.17, 15) is 14.4 Å². The molecule has 0 spiro atoms. The first kappa shape index (κ1) is 21.8. The van der Waals surface area contributed by atoms with Gasteiger partial charge in [0, 0.05) is 28.3 Å². The number of likely N-dealkylation sites (tertiary alicyclic amines) is 1. The smallest absolute Gasteiger partial charge is 0.233 e. The van der Waals surface area contributed by atoms with Crippen molar-refractivity contribution in [3.8, 4) is 5.75 Å². The standard InChI is InChI=1S/C22H26Br2N2O4/c1-30-13-8-6-12(7-9-13)25-16(27)5-3-2-4-10-26-21(28)17-14-11-15(18(17)22(26)29)20(24)19(14)23/h6-9,14-15,17-20H,2-5,10-11H2,1H3,(H,25,27). The lowest BCUT2D eigenvalue weighted by molar-refractivity contribution is -0.140. The number of nitrogens with zero attached hydrogens (tertiary/aromatic N) is 1. The number of carbonyl (C=O) groups excluding carboxylic acids is 3. The fourth-order valence-corrected chi connectivity index (χ4v) is 7.13. The van der Waals surface area contributed by atoms with E-state index in [-0.39, 0.29) is 51.0 Å². The number of imide groups is 1. The number of rotatable bonds is 8. The van der Waals surface area contributed by atoms with E-state index in [1.54, 1.807) is 31.4 Å². The summed E-state index contributed by atoms with van der Waals surface area (Å²) in [5.41, 5.74) is 0.741. The molecule has 30 heavy (non-hydrogen) atoms. The quantitative estimate of drug-likeness (QED) is 0.307. The Bertz CT molecular complexity index is 799. The summed E-state index contributed by atoms with van der Waals surface area (Å²) in [5, 5.41) is 2.87. The van der Waals surface area contributed by atoms with Crippen LogP contribution in [0.15, 0.2) is 24.3 Å². The van der Waals surface area contributed by atoms with Crippen LogP contribution in [0, 0.1) is 23.7 Å². The molecule has 8 heteroatoms. The van der Waals surface area contributed by atoms with Crippen LogP contribution in [0.2, 0.25) is 0 Å². The number of hydrogen-bond donors (Lipinski definition) is 1. The predicted molar refractivity (Wildman–Crippen MR) is 121 cm³/mol. The van der Waals surface area contributed by atoms with Crippen LogP contribution in [0.5, 0.6) is 5.75 Å². The summed E-state index contributed by atoms with van der Waals surface area (Å²) in [6.07, 6.45) is 3.63. The molecular weight excluding hydrogens is 516 g/mol. The lowest BCUT2D eigenvalue weighted by Gasteiger charge is -2.28. The zero-order chi connectivity index (χ0) is 21.4. The first-order valence-electron chi connectivity index (χ1n) is 10.5. The third-order valence-electron chi connectivity index (χ3n) is 6.74. The van der Waals surface area contributed by atoms with E-state index in [1.807, 2.05) is 0 Å². The van der Waals surface area contributed by atoms with Gasteiger partial charge in [0.1, 0.15) is 5.75 Å². The minimum absolute atomic E-state index is 0.0126. The summed E-state index contributed by atoms with van der Waals surface area (Å²) < 4.78 is 5.10. The number of methoxy groups -OCH3 is 1. The SMILES string of the molecule is COc1ccc(NC(=O)CCCCCN2C(=O)C3C4CC(C(Br)C4Br)C3C2=O)cc1. The second-order valence-electron chi connectivity index (χ2n) is 8.42. The Morgan fingerprint density at radius 3 is 2.20 bits per heavy atom. The molecule has 1 aliphatic heterocycles. The number of carbonyl (C=O) groups is 3. The Hall–Kier alpha value is -1.41. The Kier molecular flexibility index (Phi) is 6.53. The van der Waals surface area contributed by atoms with Crippen LogP contribution in [0.4, 0.5) is 5.69 Å². The van der Waals surface area contributed by atoms with Crippen LogP contribution in [0.1, 0.15) is 32.1 Å². The topological polar surface area (TPSA) is 75.7 Å². The van der Waals surface area contributed by atoms with Crippen molar-refractivity contribution in [1.82, 2.24) is 4.90 Å². The van der Waals surface area contributed by atoms with Crippen LogP contribution < -0.4 is 10.1 Å². The van der Waals surface area contributed by atoms with Gasteiger partial charge in [0.15, 0.2) is 0 Å². The van der Waals surface area contributed by atoms with Gasteiger partial charge in [-0.1, -0.05) is 38.3 Å². The predicted octanol–water partition coefficient (Wildman–Crippen LogP) is 3.97. The molecule has 1 aromatic carbocycles. The van der Waals surface area contributed by atoms with Gasteiger partial charge in [-0.3, -0.25) is 19.3 Å². The van der Waals surface area contributed by atoms with Gasteiger partial charge in [-0.15, -0.1) is 0 Å². The first-order valence-corrected chi connectivity index (χ1v) is 12.3. The van der Waals surface area contributed by atoms with E-state index in [1.165, 1.54) is 4.90 Å². The summed E-state index contributed by atoms with van der Waals surface area (Å²) in [5.74, 6) is 0.963. The van der Waals surface area contributed by atoms with Crippen LogP contribution in [-0.2, 0) is 14.4 Å². The third kappa shape index (κ3) is 3.93. The van der Waals surface area contributed by atoms with Crippen molar-refractivity contribution in [2.45, 2.75) is 41.8 Å². The van der Waals surface area contributed by atoms with E-state index in [0.717, 1.165) is 37.1 Å². The average Bonchev–Trinajstić information content (AvgIpc) is 3.34. The zero-order valence-electron chi connectivity index (χ0n) is 16.9. The Balaban J connectivity index is 1.19. The Morgan fingerprint density at radius 2 is 1.63 bits per heavy atom. The largest absolute Gasteiger partial charge is 0.497 e. The molecule has 3 aliphatic rings. The Morgan fingerprint density at radius 1 is 1.03 bits per heavy atom. The van der Waals surface area contributed by atoms with Gasteiger partial charge in [-0.25, -0.2) is 0 Å². The van der Waals surface area contributed by atoms with Crippen molar-refractivity contribution in [3.63, 3.8) is 0 Å². The van der Waals surface area contributed by atoms with E-state index in [0.29, 0.717) is 13.0 Å². The van der Waals surface area contributed by atoms with Gasteiger partial charge in [-0.05, 0) is 55.4 Å². The second-order valence-corrected chi connectivity index (χ2v) is 10.5. The van der Waals surface area contributed by atoms with Crippen molar-refractivity contribution in [2.75, 3.05) is 19.0 Å². The highest BCUT2D eigenvalue weighted by molar-refractivity contribution is 9.12. The first-order chi connectivity index (χ1) is 14.4. The summed E-state index contributed by atoms with van der Waals surface area (Å²) in [6, 6.07) is 7.22. The minimum atomic E-state index is -0.143. The van der Waals surface area contributed by atoms with E-state index >= 15 is 0 Å². The highest BCUT2D eigenvalue weighted by Crippen LogP contribution is 2.60. The summed E-state index contributed by atoms with van der Waals surface area (Å²) >= 11 is 7.42. The van der Waals surface area contributed by atoms with E-state index < -0.39 is 0 Å². The van der Waals surface area contributed by atoms with Crippen LogP contribution in [0.3, 0.4) is 0 Å². The molecule has 0 radical (unpaired) electrons. The van der Waals surface area contributed by atoms with Crippen LogP contribution >= 0.6 is 31.9 Å². The summed E-state index contributed by atoms with van der Waals surface area (Å²) in [7, 11) is 1.60. The van der Waals surface area contributed by atoms with Gasteiger partial charge < -0.3 is 10.1 Å². The lowest BCUT2D eigenvalue weighted by atomic mass is 9.81. The van der Waals surface area contributed by atoms with Crippen molar-refractivity contribution >= 4 is 55.3 Å². The zero-order valence-corrected chi connectivity index (χ0v) is 20.0. The van der Waals surface area contributed by atoms with Crippen molar-refractivity contribution in [2.24, 2.45) is 23.7 Å². The molecule has 6 atom stereocenters. The highest BCUT2D eigenvalue weighted by atomic mass is 79.9. The fraction of sp³-hybridized carbons (Fsp3) is 0.591. The number of halogens is 2. The number of fused-ring (bicyclic) bond motifs is 5. The van der Waals surface area contributed by atoms with Gasteiger partial charge in [-0.2, -0.15) is 0 Å². The van der Waals surface area contributed by atoms with Crippen LogP contribution in [-0.4, -0.2) is 45.9 Å². The normalized spacial score (nSPS) is 31.9. The summed E-state index contributed by atoms with van der Waals surface area (Å²) in [4.78, 5) is 39.8. The monoisotopic (exact) mass is 540 g/mol. The fourth-order valence-electron chi connectivity index (χ4n) is 5.26. The maximum absolute atomic E-state index is 12.9. The number of hydrogen-bond acceptors (Lipinski definition) is 4. The molecule has 3 amide bonds. The van der Waals surface area contributed by atoms with Crippen molar-refractivity contribution in [1.29, 1.82) is 0 Å². The third-order valence-corrected chi connectivity index (χ3v) is 9.94. The molecule has 1 aromatic rings. The molecule has 6 nitrogen and oxygen atoms in total. The molecule has 1 saturated heterocycles. The van der Waals surface area contributed by atoms with Crippen LogP contribution in [0.25, 0.3) is 0 Å². The Labute approximate surface area is 193 Å². The molecule has 1 N–H and O–H groups in total. The number of alkyl halides is 2.